The van der Waals surface area contributed by atoms with Crippen molar-refractivity contribution < 1.29 is 8.42 Å². The van der Waals surface area contributed by atoms with Crippen LogP contribution < -0.4 is 10.0 Å². The number of sulfonamides is 1. The molecule has 8 heteroatoms. The SMILES string of the molecule is CNS(=O)(=O)CCNc1ncnc2sc(C)c(C)c12. The zero-order valence-corrected chi connectivity index (χ0v) is 12.7. The molecule has 0 amide bonds. The van der Waals surface area contributed by atoms with Crippen LogP contribution in [0.5, 0.6) is 0 Å². The maximum Gasteiger partial charge on any atom is 0.213 e. The fourth-order valence-corrected chi connectivity index (χ4v) is 3.29. The van der Waals surface area contributed by atoms with Gasteiger partial charge in [0.05, 0.1) is 11.1 Å². The van der Waals surface area contributed by atoms with Crippen LogP contribution in [0.3, 0.4) is 0 Å². The van der Waals surface area contributed by atoms with E-state index >= 15 is 0 Å². The lowest BCUT2D eigenvalue weighted by Crippen LogP contribution is -2.26. The minimum atomic E-state index is -3.20. The lowest BCUT2D eigenvalue weighted by Gasteiger charge is -2.07. The number of hydrogen-bond donors (Lipinski definition) is 2. The molecule has 0 unspecified atom stereocenters. The number of nitrogens with zero attached hydrogens (tertiary/aromatic N) is 2. The van der Waals surface area contributed by atoms with E-state index in [4.69, 9.17) is 0 Å². The molecule has 0 bridgehead atoms. The van der Waals surface area contributed by atoms with Crippen molar-refractivity contribution in [3.63, 3.8) is 0 Å². The van der Waals surface area contributed by atoms with Gasteiger partial charge in [-0.15, -0.1) is 11.3 Å². The largest absolute Gasteiger partial charge is 0.368 e. The Bertz CT molecular complexity index is 694. The molecular formula is C11H16N4O2S2. The number of thiophene rings is 1. The van der Waals surface area contributed by atoms with Crippen molar-refractivity contribution in [3.8, 4) is 0 Å². The number of rotatable bonds is 5. The van der Waals surface area contributed by atoms with Crippen LogP contribution in [0.1, 0.15) is 10.4 Å². The molecule has 0 radical (unpaired) electrons. The van der Waals surface area contributed by atoms with Crippen LogP contribution in [-0.4, -0.2) is 37.7 Å². The molecule has 2 heterocycles. The fraction of sp³-hybridized carbons (Fsp3) is 0.455. The van der Waals surface area contributed by atoms with Crippen molar-refractivity contribution in [1.29, 1.82) is 0 Å². The molecule has 0 saturated carbocycles. The molecule has 104 valence electrons. The molecule has 0 aliphatic heterocycles. The summed E-state index contributed by atoms with van der Waals surface area (Å²) in [6, 6.07) is 0. The Hall–Kier alpha value is -1.25. The zero-order valence-electron chi connectivity index (χ0n) is 11.0. The van der Waals surface area contributed by atoms with E-state index in [1.807, 2.05) is 13.8 Å². The molecule has 0 fully saturated rings. The number of fused-ring (bicyclic) bond motifs is 1. The number of aromatic nitrogens is 2. The summed E-state index contributed by atoms with van der Waals surface area (Å²) in [5.41, 5.74) is 1.14. The predicted octanol–water partition coefficient (Wildman–Crippen LogP) is 1.27. The van der Waals surface area contributed by atoms with E-state index < -0.39 is 10.0 Å². The van der Waals surface area contributed by atoms with E-state index in [0.717, 1.165) is 15.8 Å². The Morgan fingerprint density at radius 1 is 1.32 bits per heavy atom. The van der Waals surface area contributed by atoms with Gasteiger partial charge in [0.15, 0.2) is 0 Å². The second kappa shape index (κ2) is 5.40. The average Bonchev–Trinajstić information content (AvgIpc) is 2.66. The Labute approximate surface area is 116 Å². The van der Waals surface area contributed by atoms with Gasteiger partial charge < -0.3 is 5.32 Å². The first kappa shape index (κ1) is 14.2. The van der Waals surface area contributed by atoms with Crippen molar-refractivity contribution in [2.45, 2.75) is 13.8 Å². The molecule has 0 spiro atoms. The quantitative estimate of drug-likeness (QED) is 0.868. The molecule has 19 heavy (non-hydrogen) atoms. The summed E-state index contributed by atoms with van der Waals surface area (Å²) in [4.78, 5) is 10.5. The topological polar surface area (TPSA) is 84.0 Å². The molecule has 2 rings (SSSR count). The van der Waals surface area contributed by atoms with Crippen molar-refractivity contribution in [2.75, 3.05) is 24.7 Å². The third-order valence-corrected chi connectivity index (χ3v) is 5.42. The van der Waals surface area contributed by atoms with Crippen LogP contribution in [0.25, 0.3) is 10.2 Å². The minimum Gasteiger partial charge on any atom is -0.368 e. The van der Waals surface area contributed by atoms with Gasteiger partial charge in [-0.05, 0) is 26.5 Å². The van der Waals surface area contributed by atoms with E-state index in [2.05, 4.69) is 20.0 Å². The Kier molecular flexibility index (Phi) is 4.02. The lowest BCUT2D eigenvalue weighted by molar-refractivity contribution is 0.588. The summed E-state index contributed by atoms with van der Waals surface area (Å²) in [6.07, 6.45) is 1.49. The maximum atomic E-state index is 11.3. The normalized spacial score (nSPS) is 11.9. The summed E-state index contributed by atoms with van der Waals surface area (Å²) in [6.45, 7) is 4.37. The van der Waals surface area contributed by atoms with E-state index in [0.29, 0.717) is 12.4 Å². The number of hydrogen-bond acceptors (Lipinski definition) is 6. The van der Waals surface area contributed by atoms with Crippen molar-refractivity contribution in [1.82, 2.24) is 14.7 Å². The van der Waals surface area contributed by atoms with Crippen LogP contribution in [0, 0.1) is 13.8 Å². The summed E-state index contributed by atoms with van der Waals surface area (Å²) in [5.74, 6) is 0.704. The lowest BCUT2D eigenvalue weighted by atomic mass is 10.2. The van der Waals surface area contributed by atoms with Crippen LogP contribution in [0.2, 0.25) is 0 Å². The van der Waals surface area contributed by atoms with E-state index in [-0.39, 0.29) is 5.75 Å². The van der Waals surface area contributed by atoms with Gasteiger partial charge in [0, 0.05) is 11.4 Å². The molecule has 0 saturated heterocycles. The van der Waals surface area contributed by atoms with Gasteiger partial charge in [-0.1, -0.05) is 0 Å². The maximum absolute atomic E-state index is 11.3. The first-order valence-corrected chi connectivity index (χ1v) is 8.27. The minimum absolute atomic E-state index is 0.0111. The Morgan fingerprint density at radius 2 is 2.05 bits per heavy atom. The zero-order chi connectivity index (χ0) is 14.0. The van der Waals surface area contributed by atoms with Gasteiger partial charge in [-0.3, -0.25) is 0 Å². The highest BCUT2D eigenvalue weighted by Gasteiger charge is 2.12. The molecule has 0 aliphatic carbocycles. The van der Waals surface area contributed by atoms with E-state index in [9.17, 15) is 8.42 Å². The van der Waals surface area contributed by atoms with Crippen LogP contribution in [0.15, 0.2) is 6.33 Å². The first-order valence-electron chi connectivity index (χ1n) is 5.80. The molecule has 2 N–H and O–H groups in total. The predicted molar refractivity (Wildman–Crippen MR) is 78.2 cm³/mol. The summed E-state index contributed by atoms with van der Waals surface area (Å²) < 4.78 is 25.0. The highest BCUT2D eigenvalue weighted by molar-refractivity contribution is 7.89. The highest BCUT2D eigenvalue weighted by Crippen LogP contribution is 2.32. The van der Waals surface area contributed by atoms with Crippen LogP contribution in [0.4, 0.5) is 5.82 Å². The second-order valence-electron chi connectivity index (χ2n) is 4.14. The molecule has 0 aromatic carbocycles. The molecule has 0 atom stereocenters. The highest BCUT2D eigenvalue weighted by atomic mass is 32.2. The average molecular weight is 300 g/mol. The van der Waals surface area contributed by atoms with Gasteiger partial charge in [0.25, 0.3) is 0 Å². The van der Waals surface area contributed by atoms with Gasteiger partial charge in [0.1, 0.15) is 17.0 Å². The summed E-state index contributed by atoms with van der Waals surface area (Å²) in [5, 5.41) is 4.05. The van der Waals surface area contributed by atoms with E-state index in [1.165, 1.54) is 18.3 Å². The molecule has 2 aromatic heterocycles. The van der Waals surface area contributed by atoms with Gasteiger partial charge in [-0.2, -0.15) is 0 Å². The second-order valence-corrected chi connectivity index (χ2v) is 7.38. The van der Waals surface area contributed by atoms with Crippen molar-refractivity contribution in [2.24, 2.45) is 0 Å². The standard InChI is InChI=1S/C11H16N4O2S2/c1-7-8(2)18-11-9(7)10(14-6-15-11)13-4-5-19(16,17)12-3/h6,12H,4-5H2,1-3H3,(H,13,14,15). The van der Waals surface area contributed by atoms with Crippen LogP contribution in [-0.2, 0) is 10.0 Å². The van der Waals surface area contributed by atoms with Gasteiger partial charge in [0.2, 0.25) is 10.0 Å². The van der Waals surface area contributed by atoms with E-state index in [1.54, 1.807) is 11.3 Å². The number of aryl methyl sites for hydroxylation is 2. The van der Waals surface area contributed by atoms with Crippen molar-refractivity contribution in [3.05, 3.63) is 16.8 Å². The smallest absolute Gasteiger partial charge is 0.213 e. The third-order valence-electron chi connectivity index (χ3n) is 2.94. The van der Waals surface area contributed by atoms with Crippen LogP contribution >= 0.6 is 11.3 Å². The summed E-state index contributed by atoms with van der Waals surface area (Å²) >= 11 is 1.61. The fourth-order valence-electron chi connectivity index (χ4n) is 1.72. The molecule has 0 aliphatic rings. The number of anilines is 1. The number of nitrogens with one attached hydrogen (secondary N) is 2. The monoisotopic (exact) mass is 300 g/mol. The Morgan fingerprint density at radius 3 is 2.74 bits per heavy atom. The van der Waals surface area contributed by atoms with Gasteiger partial charge >= 0.3 is 0 Å². The Balaban J connectivity index is 2.22. The molecular weight excluding hydrogens is 284 g/mol. The molecule has 6 nitrogen and oxygen atoms in total. The van der Waals surface area contributed by atoms with Gasteiger partial charge in [-0.25, -0.2) is 23.1 Å². The molecule has 2 aromatic rings. The third kappa shape index (κ3) is 3.02. The van der Waals surface area contributed by atoms with Crippen molar-refractivity contribution >= 4 is 37.4 Å². The summed E-state index contributed by atoms with van der Waals surface area (Å²) in [7, 11) is -1.79. The first-order chi connectivity index (χ1) is 8.94.